The molecule has 0 aliphatic carbocycles. The van der Waals surface area contributed by atoms with Crippen LogP contribution in [0, 0.1) is 0 Å². The third-order valence-electron chi connectivity index (χ3n) is 6.04. The maximum absolute atomic E-state index is 13.5. The first kappa shape index (κ1) is 23.3. The Kier molecular flexibility index (Phi) is 6.00. The van der Waals surface area contributed by atoms with Crippen molar-refractivity contribution in [3.8, 4) is 5.75 Å². The average Bonchev–Trinajstić information content (AvgIpc) is 3.25. The second-order valence-electron chi connectivity index (χ2n) is 8.43. The lowest BCUT2D eigenvalue weighted by molar-refractivity contribution is 0.370. The number of aromatic nitrogens is 1. The molecule has 0 bridgehead atoms. The minimum absolute atomic E-state index is 0.0440. The smallest absolute Gasteiger partial charge is 0.339 e. The number of rotatable bonds is 6. The number of fused-ring (bicyclic) bond motifs is 1. The Morgan fingerprint density at radius 1 is 0.829 bits per heavy atom. The molecule has 9 heteroatoms. The first-order valence-corrected chi connectivity index (χ1v) is 13.9. The summed E-state index contributed by atoms with van der Waals surface area (Å²) in [6.07, 6.45) is 4.44. The molecule has 2 heterocycles. The normalized spacial score (nSPS) is 15.2. The van der Waals surface area contributed by atoms with Gasteiger partial charge in [0.2, 0.25) is 0 Å². The molecule has 1 aromatic heterocycles. The third-order valence-corrected chi connectivity index (χ3v) is 8.99. The van der Waals surface area contributed by atoms with E-state index in [0.29, 0.717) is 10.9 Å². The highest BCUT2D eigenvalue weighted by Gasteiger charge is 2.24. The molecule has 4 aromatic rings. The molecule has 7 nitrogen and oxygen atoms in total. The van der Waals surface area contributed by atoms with Crippen LogP contribution in [0.15, 0.2) is 101 Å². The molecule has 1 aliphatic rings. The fourth-order valence-corrected chi connectivity index (χ4v) is 6.50. The Balaban J connectivity index is 1.65. The van der Waals surface area contributed by atoms with Crippen LogP contribution in [0.4, 0.5) is 0 Å². The van der Waals surface area contributed by atoms with Crippen molar-refractivity contribution in [2.75, 3.05) is 20.1 Å². The summed E-state index contributed by atoms with van der Waals surface area (Å²) >= 11 is 0. The highest BCUT2D eigenvalue weighted by molar-refractivity contribution is 7.90. The van der Waals surface area contributed by atoms with Gasteiger partial charge in [0.05, 0.1) is 10.4 Å². The number of hydrogen-bond donors (Lipinski definition) is 0. The molecule has 0 N–H and O–H groups in total. The monoisotopic (exact) mass is 508 g/mol. The van der Waals surface area contributed by atoms with Crippen LogP contribution in [0.25, 0.3) is 16.5 Å². The lowest BCUT2D eigenvalue weighted by Gasteiger charge is -2.21. The van der Waals surface area contributed by atoms with E-state index in [0.717, 1.165) is 30.6 Å². The van der Waals surface area contributed by atoms with Gasteiger partial charge in [0.15, 0.2) is 0 Å². The summed E-state index contributed by atoms with van der Waals surface area (Å²) in [7, 11) is -5.88. The van der Waals surface area contributed by atoms with Crippen LogP contribution < -0.4 is 4.18 Å². The Bertz CT molecular complexity index is 1630. The van der Waals surface area contributed by atoms with E-state index in [9.17, 15) is 16.8 Å². The topological polar surface area (TPSA) is 85.7 Å². The Hall–Kier alpha value is -3.40. The van der Waals surface area contributed by atoms with E-state index in [1.165, 1.54) is 22.2 Å². The Labute approximate surface area is 205 Å². The van der Waals surface area contributed by atoms with Crippen molar-refractivity contribution in [1.29, 1.82) is 0 Å². The minimum atomic E-state index is -4.04. The number of hydrogen-bond acceptors (Lipinski definition) is 6. The first-order chi connectivity index (χ1) is 16.8. The van der Waals surface area contributed by atoms with Gasteiger partial charge < -0.3 is 9.08 Å². The quantitative estimate of drug-likeness (QED) is 0.360. The Morgan fingerprint density at radius 3 is 2.11 bits per heavy atom. The fourth-order valence-electron chi connectivity index (χ4n) is 4.17. The van der Waals surface area contributed by atoms with Crippen LogP contribution in [-0.4, -0.2) is 45.8 Å². The van der Waals surface area contributed by atoms with Crippen molar-refractivity contribution in [2.45, 2.75) is 16.2 Å². The van der Waals surface area contributed by atoms with Crippen LogP contribution in [0.1, 0.15) is 12.0 Å². The summed E-state index contributed by atoms with van der Waals surface area (Å²) in [5, 5.41) is 0.612. The number of benzene rings is 3. The average molecular weight is 509 g/mol. The lowest BCUT2D eigenvalue weighted by Crippen LogP contribution is -2.23. The molecule has 0 saturated heterocycles. The summed E-state index contributed by atoms with van der Waals surface area (Å²) in [5.74, 6) is 0.117. The second kappa shape index (κ2) is 8.99. The van der Waals surface area contributed by atoms with Gasteiger partial charge in [-0.05, 0) is 61.5 Å². The molecule has 35 heavy (non-hydrogen) atoms. The van der Waals surface area contributed by atoms with Gasteiger partial charge >= 0.3 is 10.1 Å². The van der Waals surface area contributed by atoms with Crippen molar-refractivity contribution in [2.24, 2.45) is 0 Å². The molecule has 0 fully saturated rings. The largest absolute Gasteiger partial charge is 0.379 e. The second-order valence-corrected chi connectivity index (χ2v) is 11.8. The maximum Gasteiger partial charge on any atom is 0.339 e. The zero-order valence-corrected chi connectivity index (χ0v) is 20.7. The van der Waals surface area contributed by atoms with Crippen LogP contribution in [0.2, 0.25) is 0 Å². The molecule has 0 unspecified atom stereocenters. The molecule has 0 amide bonds. The standard InChI is InChI=1S/C26H24N2O5S2/c1-27-16-14-20(15-17-27)25-19-28(34(29,30)22-8-4-2-5-9-22)26-13-12-21(18-24(25)26)33-35(31,32)23-10-6-3-7-11-23/h2-14,18-19H,15-17H2,1H3. The summed E-state index contributed by atoms with van der Waals surface area (Å²) in [4.78, 5) is 2.39. The van der Waals surface area contributed by atoms with E-state index in [4.69, 9.17) is 4.18 Å². The zero-order valence-electron chi connectivity index (χ0n) is 19.0. The molecule has 5 rings (SSSR count). The van der Waals surface area contributed by atoms with Crippen molar-refractivity contribution >= 4 is 36.6 Å². The third kappa shape index (κ3) is 4.50. The van der Waals surface area contributed by atoms with E-state index < -0.39 is 20.1 Å². The molecular formula is C26H24N2O5S2. The highest BCUT2D eigenvalue weighted by Crippen LogP contribution is 2.35. The van der Waals surface area contributed by atoms with Crippen LogP contribution >= 0.6 is 0 Å². The number of likely N-dealkylation sites (N-methyl/N-ethyl adjacent to an activating group) is 1. The lowest BCUT2D eigenvalue weighted by atomic mass is 9.99. The zero-order chi connectivity index (χ0) is 24.6. The molecule has 0 spiro atoms. The molecule has 3 aromatic carbocycles. The maximum atomic E-state index is 13.5. The predicted molar refractivity (Wildman–Crippen MR) is 135 cm³/mol. The molecule has 0 atom stereocenters. The molecule has 180 valence electrons. The fraction of sp³-hybridized carbons (Fsp3) is 0.154. The van der Waals surface area contributed by atoms with E-state index in [1.807, 2.05) is 7.05 Å². The molecule has 0 radical (unpaired) electrons. The highest BCUT2D eigenvalue weighted by atomic mass is 32.2. The molecule has 0 saturated carbocycles. The SMILES string of the molecule is CN1CC=C(c2cn(S(=O)(=O)c3ccccc3)c3ccc(OS(=O)(=O)c4ccccc4)cc23)CC1. The molecule has 1 aliphatic heterocycles. The van der Waals surface area contributed by atoms with Crippen molar-refractivity contribution < 1.29 is 21.0 Å². The van der Waals surface area contributed by atoms with Gasteiger partial charge in [-0.1, -0.05) is 42.5 Å². The van der Waals surface area contributed by atoms with Gasteiger partial charge in [-0.25, -0.2) is 12.4 Å². The van der Waals surface area contributed by atoms with Crippen LogP contribution in [0.5, 0.6) is 5.75 Å². The van der Waals surface area contributed by atoms with Gasteiger partial charge in [0.1, 0.15) is 10.6 Å². The summed E-state index contributed by atoms with van der Waals surface area (Å²) in [6, 6.07) is 20.8. The number of nitrogens with zero attached hydrogens (tertiary/aromatic N) is 2. The van der Waals surface area contributed by atoms with Gasteiger partial charge in [-0.2, -0.15) is 8.42 Å². The van der Waals surface area contributed by atoms with Crippen LogP contribution in [0.3, 0.4) is 0 Å². The van der Waals surface area contributed by atoms with Gasteiger partial charge in [0, 0.05) is 30.2 Å². The van der Waals surface area contributed by atoms with E-state index in [-0.39, 0.29) is 15.5 Å². The predicted octanol–water partition coefficient (Wildman–Crippen LogP) is 4.36. The molecular weight excluding hydrogens is 484 g/mol. The Morgan fingerprint density at radius 2 is 1.49 bits per heavy atom. The first-order valence-electron chi connectivity index (χ1n) is 11.1. The van der Waals surface area contributed by atoms with Crippen molar-refractivity contribution in [1.82, 2.24) is 8.87 Å². The van der Waals surface area contributed by atoms with Crippen molar-refractivity contribution in [3.05, 3.63) is 96.7 Å². The van der Waals surface area contributed by atoms with Crippen LogP contribution in [-0.2, 0) is 20.1 Å². The van der Waals surface area contributed by atoms with E-state index >= 15 is 0 Å². The summed E-state index contributed by atoms with van der Waals surface area (Å²) in [5.41, 5.74) is 2.21. The van der Waals surface area contributed by atoms with Gasteiger partial charge in [-0.3, -0.25) is 0 Å². The summed E-state index contributed by atoms with van der Waals surface area (Å²) in [6.45, 7) is 1.58. The van der Waals surface area contributed by atoms with E-state index in [2.05, 4.69) is 11.0 Å². The van der Waals surface area contributed by atoms with E-state index in [1.54, 1.807) is 66.9 Å². The van der Waals surface area contributed by atoms with Gasteiger partial charge in [-0.15, -0.1) is 0 Å². The minimum Gasteiger partial charge on any atom is -0.379 e. The van der Waals surface area contributed by atoms with Gasteiger partial charge in [0.25, 0.3) is 10.0 Å². The van der Waals surface area contributed by atoms with Crippen molar-refractivity contribution in [3.63, 3.8) is 0 Å². The summed E-state index contributed by atoms with van der Waals surface area (Å²) < 4.78 is 59.2.